The van der Waals surface area contributed by atoms with E-state index in [9.17, 15) is 10.0 Å². The highest BCUT2D eigenvalue weighted by atomic mass is 16.5. The molecule has 2 aliphatic rings. The molecule has 1 aromatic carbocycles. The predicted molar refractivity (Wildman–Crippen MR) is 76.4 cm³/mol. The van der Waals surface area contributed by atoms with Crippen molar-refractivity contribution in [3.05, 3.63) is 35.4 Å². The Bertz CT molecular complexity index is 483. The van der Waals surface area contributed by atoms with Crippen LogP contribution in [0.5, 0.6) is 0 Å². The van der Waals surface area contributed by atoms with E-state index >= 15 is 0 Å². The molecule has 0 saturated heterocycles. The number of nitrogens with zero attached hydrogens (tertiary/aromatic N) is 1. The summed E-state index contributed by atoms with van der Waals surface area (Å²) in [6.45, 7) is 0.514. The maximum Gasteiger partial charge on any atom is 0.244 e. The van der Waals surface area contributed by atoms with Crippen LogP contribution in [0.4, 0.5) is 0 Å². The maximum absolute atomic E-state index is 12.5. The monoisotopic (exact) mass is 274 g/mol. The van der Waals surface area contributed by atoms with Crippen molar-refractivity contribution in [2.24, 2.45) is 0 Å². The summed E-state index contributed by atoms with van der Waals surface area (Å²) in [5.41, 5.74) is 2.11. The number of carbonyl (C=O) groups excluding carboxylic acids is 1. The fraction of sp³-hybridized carbons (Fsp3) is 0.562. The third kappa shape index (κ3) is 2.72. The third-order valence-electron chi connectivity index (χ3n) is 4.46. The van der Waals surface area contributed by atoms with E-state index in [4.69, 9.17) is 0 Å². The van der Waals surface area contributed by atoms with Gasteiger partial charge in [0.1, 0.15) is 6.04 Å². The van der Waals surface area contributed by atoms with Gasteiger partial charge in [-0.2, -0.15) is 5.06 Å². The van der Waals surface area contributed by atoms with E-state index in [1.807, 2.05) is 24.3 Å². The number of carbonyl (C=O) groups is 1. The van der Waals surface area contributed by atoms with Gasteiger partial charge >= 0.3 is 0 Å². The van der Waals surface area contributed by atoms with Crippen LogP contribution >= 0.6 is 0 Å². The van der Waals surface area contributed by atoms with Crippen LogP contribution in [0.3, 0.4) is 0 Å². The molecule has 1 fully saturated rings. The molecule has 1 aliphatic carbocycles. The Kier molecular flexibility index (Phi) is 4.03. The number of nitrogens with one attached hydrogen (secondary N) is 1. The molecule has 1 unspecified atom stereocenters. The normalized spacial score (nSPS) is 24.1. The minimum absolute atomic E-state index is 0.0634. The highest BCUT2D eigenvalue weighted by Crippen LogP contribution is 2.29. The molecular weight excluding hydrogens is 252 g/mol. The lowest BCUT2D eigenvalue weighted by molar-refractivity contribution is -0.159. The van der Waals surface area contributed by atoms with Gasteiger partial charge in [0, 0.05) is 12.6 Å². The molecule has 1 saturated carbocycles. The Labute approximate surface area is 119 Å². The van der Waals surface area contributed by atoms with E-state index in [1.54, 1.807) is 0 Å². The van der Waals surface area contributed by atoms with E-state index < -0.39 is 6.04 Å². The van der Waals surface area contributed by atoms with Gasteiger partial charge in [0.05, 0.1) is 0 Å². The molecule has 1 aliphatic heterocycles. The molecule has 0 bridgehead atoms. The predicted octanol–water partition coefficient (Wildman–Crippen LogP) is 2.42. The Morgan fingerprint density at radius 2 is 1.95 bits per heavy atom. The van der Waals surface area contributed by atoms with Gasteiger partial charge in [-0.05, 0) is 30.4 Å². The number of fused-ring (bicyclic) bond motifs is 1. The van der Waals surface area contributed by atoms with Crippen molar-refractivity contribution in [1.82, 2.24) is 10.4 Å². The Hall–Kier alpha value is -1.39. The summed E-state index contributed by atoms with van der Waals surface area (Å²) in [7, 11) is 0. The molecule has 1 atom stereocenters. The molecule has 1 aromatic rings. The Morgan fingerprint density at radius 3 is 2.75 bits per heavy atom. The number of hydrogen-bond acceptors (Lipinski definition) is 3. The Morgan fingerprint density at radius 1 is 1.20 bits per heavy atom. The fourth-order valence-electron chi connectivity index (χ4n) is 3.36. The van der Waals surface area contributed by atoms with Gasteiger partial charge in [-0.1, -0.05) is 43.5 Å². The van der Waals surface area contributed by atoms with Gasteiger partial charge in [0.2, 0.25) is 5.91 Å². The van der Waals surface area contributed by atoms with E-state index in [0.29, 0.717) is 6.54 Å². The second-order valence-electron chi connectivity index (χ2n) is 5.86. The largest absolute Gasteiger partial charge is 0.352 e. The van der Waals surface area contributed by atoms with Crippen LogP contribution in [0.25, 0.3) is 0 Å². The summed E-state index contributed by atoms with van der Waals surface area (Å²) < 4.78 is 0. The lowest BCUT2D eigenvalue weighted by atomic mass is 9.92. The summed E-state index contributed by atoms with van der Waals surface area (Å²) in [6.07, 6.45) is 6.56. The molecule has 3 rings (SSSR count). The Balaban J connectivity index is 1.76. The molecular formula is C16H22N2O2. The van der Waals surface area contributed by atoms with Crippen LogP contribution < -0.4 is 5.32 Å². The van der Waals surface area contributed by atoms with E-state index in [0.717, 1.165) is 24.8 Å². The first-order chi connectivity index (χ1) is 9.75. The maximum atomic E-state index is 12.5. The van der Waals surface area contributed by atoms with Gasteiger partial charge in [-0.15, -0.1) is 0 Å². The average Bonchev–Trinajstić information content (AvgIpc) is 2.48. The second-order valence-corrected chi connectivity index (χ2v) is 5.86. The van der Waals surface area contributed by atoms with Crippen molar-refractivity contribution < 1.29 is 10.0 Å². The zero-order valence-electron chi connectivity index (χ0n) is 11.7. The molecule has 108 valence electrons. The van der Waals surface area contributed by atoms with Gasteiger partial charge in [-0.3, -0.25) is 4.79 Å². The molecule has 1 amide bonds. The third-order valence-corrected chi connectivity index (χ3v) is 4.46. The number of hydrogen-bond donors (Lipinski definition) is 2. The van der Waals surface area contributed by atoms with E-state index in [-0.39, 0.29) is 11.9 Å². The van der Waals surface area contributed by atoms with Crippen molar-refractivity contribution >= 4 is 5.91 Å². The van der Waals surface area contributed by atoms with Crippen molar-refractivity contribution in [2.75, 3.05) is 6.54 Å². The summed E-state index contributed by atoms with van der Waals surface area (Å²) in [4.78, 5) is 12.5. The first-order valence-corrected chi connectivity index (χ1v) is 7.59. The van der Waals surface area contributed by atoms with Crippen molar-refractivity contribution in [1.29, 1.82) is 0 Å². The average molecular weight is 274 g/mol. The minimum atomic E-state index is -0.554. The second kappa shape index (κ2) is 5.94. The lowest BCUT2D eigenvalue weighted by Gasteiger charge is -2.33. The smallest absolute Gasteiger partial charge is 0.244 e. The number of amides is 1. The van der Waals surface area contributed by atoms with Crippen LogP contribution in [0.15, 0.2) is 24.3 Å². The van der Waals surface area contributed by atoms with Crippen LogP contribution in [0, 0.1) is 0 Å². The fourth-order valence-corrected chi connectivity index (χ4v) is 3.36. The lowest BCUT2D eigenvalue weighted by Crippen LogP contribution is -2.46. The van der Waals surface area contributed by atoms with Crippen LogP contribution in [-0.4, -0.2) is 28.8 Å². The summed E-state index contributed by atoms with van der Waals surface area (Å²) in [6, 6.07) is 7.63. The van der Waals surface area contributed by atoms with Crippen LogP contribution in [0.2, 0.25) is 0 Å². The summed E-state index contributed by atoms with van der Waals surface area (Å²) in [5, 5.41) is 14.4. The first kappa shape index (κ1) is 13.6. The topological polar surface area (TPSA) is 52.6 Å². The van der Waals surface area contributed by atoms with Crippen LogP contribution in [-0.2, 0) is 11.2 Å². The van der Waals surface area contributed by atoms with E-state index in [1.165, 1.54) is 29.9 Å². The zero-order valence-corrected chi connectivity index (χ0v) is 11.7. The molecule has 4 heteroatoms. The van der Waals surface area contributed by atoms with Crippen molar-refractivity contribution in [3.63, 3.8) is 0 Å². The number of rotatable bonds is 2. The molecule has 0 aromatic heterocycles. The highest BCUT2D eigenvalue weighted by Gasteiger charge is 2.33. The standard InChI is InChI=1S/C16H22N2O2/c19-16(17-13-7-2-1-3-8-13)15-14-9-5-4-6-12(14)10-11-18(15)20/h4-6,9,13,15,20H,1-3,7-8,10-11H2,(H,17,19). The highest BCUT2D eigenvalue weighted by molar-refractivity contribution is 5.84. The molecule has 0 radical (unpaired) electrons. The van der Waals surface area contributed by atoms with Gasteiger partial charge in [-0.25, -0.2) is 0 Å². The molecule has 20 heavy (non-hydrogen) atoms. The molecule has 4 nitrogen and oxygen atoms in total. The quantitative estimate of drug-likeness (QED) is 0.871. The summed E-state index contributed by atoms with van der Waals surface area (Å²) in [5.74, 6) is -0.0634. The summed E-state index contributed by atoms with van der Waals surface area (Å²) >= 11 is 0. The molecule has 2 N–H and O–H groups in total. The minimum Gasteiger partial charge on any atom is -0.352 e. The van der Waals surface area contributed by atoms with Crippen molar-refractivity contribution in [2.45, 2.75) is 50.6 Å². The van der Waals surface area contributed by atoms with E-state index in [2.05, 4.69) is 5.32 Å². The van der Waals surface area contributed by atoms with Gasteiger partial charge in [0.15, 0.2) is 0 Å². The van der Waals surface area contributed by atoms with Crippen LogP contribution in [0.1, 0.15) is 49.3 Å². The molecule has 0 spiro atoms. The zero-order chi connectivity index (χ0) is 13.9. The van der Waals surface area contributed by atoms with Gasteiger partial charge in [0.25, 0.3) is 0 Å². The number of hydroxylamine groups is 2. The van der Waals surface area contributed by atoms with Gasteiger partial charge < -0.3 is 10.5 Å². The first-order valence-electron chi connectivity index (χ1n) is 7.59. The SMILES string of the molecule is O=C(NC1CCCCC1)C1c2ccccc2CCN1O. The molecule has 1 heterocycles. The van der Waals surface area contributed by atoms with Crippen molar-refractivity contribution in [3.8, 4) is 0 Å². The number of benzene rings is 1.